The van der Waals surface area contributed by atoms with Crippen LogP contribution in [0.2, 0.25) is 0 Å². The predicted octanol–water partition coefficient (Wildman–Crippen LogP) is 3.59. The van der Waals surface area contributed by atoms with Gasteiger partial charge < -0.3 is 5.32 Å². The molecule has 0 heterocycles. The van der Waals surface area contributed by atoms with Crippen molar-refractivity contribution in [1.29, 1.82) is 0 Å². The molecular formula is C15H27N. The van der Waals surface area contributed by atoms with E-state index in [1.807, 2.05) is 6.92 Å². The van der Waals surface area contributed by atoms with Crippen molar-refractivity contribution in [1.82, 2.24) is 5.32 Å². The molecule has 1 aliphatic rings. The first kappa shape index (κ1) is 13.6. The molecule has 0 aliphatic heterocycles. The van der Waals surface area contributed by atoms with Crippen molar-refractivity contribution in [3.8, 4) is 11.8 Å². The Morgan fingerprint density at radius 1 is 1.25 bits per heavy atom. The van der Waals surface area contributed by atoms with Crippen LogP contribution in [0.25, 0.3) is 0 Å². The van der Waals surface area contributed by atoms with Crippen molar-refractivity contribution in [2.24, 2.45) is 11.8 Å². The van der Waals surface area contributed by atoms with Gasteiger partial charge in [-0.3, -0.25) is 0 Å². The van der Waals surface area contributed by atoms with E-state index in [2.05, 4.69) is 31.1 Å². The first-order valence-corrected chi connectivity index (χ1v) is 6.88. The second-order valence-corrected chi connectivity index (χ2v) is 5.10. The summed E-state index contributed by atoms with van der Waals surface area (Å²) in [7, 11) is 2.08. The average molecular weight is 221 g/mol. The van der Waals surface area contributed by atoms with Gasteiger partial charge in [0.05, 0.1) is 0 Å². The smallest absolute Gasteiger partial charge is 0.0245 e. The van der Waals surface area contributed by atoms with Crippen LogP contribution in [-0.4, -0.2) is 13.1 Å². The Labute approximate surface area is 101 Å². The van der Waals surface area contributed by atoms with Crippen LogP contribution >= 0.6 is 0 Å². The average Bonchev–Trinajstić information content (AvgIpc) is 2.32. The van der Waals surface area contributed by atoms with Gasteiger partial charge in [0.25, 0.3) is 0 Å². The minimum atomic E-state index is 0.620. The second kappa shape index (κ2) is 7.74. The van der Waals surface area contributed by atoms with Crippen molar-refractivity contribution < 1.29 is 0 Å². The van der Waals surface area contributed by atoms with E-state index in [1.54, 1.807) is 0 Å². The maximum atomic E-state index is 3.45. The molecule has 0 aromatic rings. The summed E-state index contributed by atoms with van der Waals surface area (Å²) in [6.45, 7) is 4.24. The van der Waals surface area contributed by atoms with E-state index >= 15 is 0 Å². The van der Waals surface area contributed by atoms with Gasteiger partial charge in [-0.1, -0.05) is 32.6 Å². The van der Waals surface area contributed by atoms with Crippen molar-refractivity contribution >= 4 is 0 Å². The maximum Gasteiger partial charge on any atom is 0.0245 e. The highest BCUT2D eigenvalue weighted by Crippen LogP contribution is 2.33. The number of hydrogen-bond donors (Lipinski definition) is 1. The molecule has 1 nitrogen and oxygen atoms in total. The number of nitrogens with one attached hydrogen (secondary N) is 1. The topological polar surface area (TPSA) is 12.0 Å². The van der Waals surface area contributed by atoms with Crippen molar-refractivity contribution in [3.63, 3.8) is 0 Å². The van der Waals surface area contributed by atoms with Gasteiger partial charge in [-0.15, -0.1) is 11.8 Å². The van der Waals surface area contributed by atoms with Crippen molar-refractivity contribution in [2.75, 3.05) is 7.05 Å². The summed E-state index contributed by atoms with van der Waals surface area (Å²) in [6, 6.07) is 0.620. The molecule has 1 heteroatoms. The molecule has 1 aliphatic carbocycles. The van der Waals surface area contributed by atoms with E-state index in [0.717, 1.165) is 18.3 Å². The van der Waals surface area contributed by atoms with Crippen molar-refractivity contribution in [3.05, 3.63) is 0 Å². The lowest BCUT2D eigenvalue weighted by Gasteiger charge is -2.33. The quantitative estimate of drug-likeness (QED) is 0.700. The van der Waals surface area contributed by atoms with Gasteiger partial charge in [0.2, 0.25) is 0 Å². The third-order valence-electron chi connectivity index (χ3n) is 4.03. The van der Waals surface area contributed by atoms with Gasteiger partial charge in [-0.25, -0.2) is 0 Å². The zero-order valence-electron chi connectivity index (χ0n) is 11.2. The first-order valence-electron chi connectivity index (χ1n) is 6.88. The monoisotopic (exact) mass is 221 g/mol. The minimum absolute atomic E-state index is 0.620. The largest absolute Gasteiger partial charge is 0.316 e. The highest BCUT2D eigenvalue weighted by Gasteiger charge is 2.25. The molecule has 0 aromatic heterocycles. The molecule has 92 valence electrons. The number of rotatable bonds is 5. The van der Waals surface area contributed by atoms with Gasteiger partial charge in [0.1, 0.15) is 0 Å². The molecule has 0 saturated heterocycles. The van der Waals surface area contributed by atoms with Crippen LogP contribution < -0.4 is 5.32 Å². The highest BCUT2D eigenvalue weighted by molar-refractivity contribution is 4.99. The fourth-order valence-corrected chi connectivity index (χ4v) is 3.00. The van der Waals surface area contributed by atoms with E-state index in [0.29, 0.717) is 6.04 Å². The summed E-state index contributed by atoms with van der Waals surface area (Å²) < 4.78 is 0. The van der Waals surface area contributed by atoms with E-state index in [4.69, 9.17) is 0 Å². The van der Waals surface area contributed by atoms with Gasteiger partial charge in [-0.2, -0.15) is 0 Å². The molecule has 0 bridgehead atoms. The molecule has 1 atom stereocenters. The molecule has 1 N–H and O–H groups in total. The SMILES string of the molecule is CC#CCC(NC)C1CCC(CCC)CC1. The van der Waals surface area contributed by atoms with Gasteiger partial charge >= 0.3 is 0 Å². The van der Waals surface area contributed by atoms with Crippen LogP contribution in [-0.2, 0) is 0 Å². The molecule has 1 fully saturated rings. The molecule has 0 aromatic carbocycles. The lowest BCUT2D eigenvalue weighted by molar-refractivity contribution is 0.220. The summed E-state index contributed by atoms with van der Waals surface area (Å²) >= 11 is 0. The third-order valence-corrected chi connectivity index (χ3v) is 4.03. The third kappa shape index (κ3) is 4.18. The molecule has 0 radical (unpaired) electrons. The van der Waals surface area contributed by atoms with Gasteiger partial charge in [0, 0.05) is 12.5 Å². The fraction of sp³-hybridized carbons (Fsp3) is 0.867. The summed E-state index contributed by atoms with van der Waals surface area (Å²) in [6.07, 6.45) is 9.50. The second-order valence-electron chi connectivity index (χ2n) is 5.10. The van der Waals surface area contributed by atoms with E-state index in [-0.39, 0.29) is 0 Å². The van der Waals surface area contributed by atoms with Crippen LogP contribution in [0, 0.1) is 23.7 Å². The molecule has 1 unspecified atom stereocenters. The zero-order valence-corrected chi connectivity index (χ0v) is 11.2. The van der Waals surface area contributed by atoms with Crippen LogP contribution in [0.4, 0.5) is 0 Å². The molecular weight excluding hydrogens is 194 g/mol. The van der Waals surface area contributed by atoms with Crippen LogP contribution in [0.5, 0.6) is 0 Å². The summed E-state index contributed by atoms with van der Waals surface area (Å²) in [5.74, 6) is 8.10. The van der Waals surface area contributed by atoms with E-state index in [1.165, 1.54) is 38.5 Å². The Hall–Kier alpha value is -0.480. The highest BCUT2D eigenvalue weighted by atomic mass is 14.9. The lowest BCUT2D eigenvalue weighted by Crippen LogP contribution is -2.35. The Morgan fingerprint density at radius 2 is 1.94 bits per heavy atom. The molecule has 1 rings (SSSR count). The first-order chi connectivity index (χ1) is 7.81. The number of hydrogen-bond acceptors (Lipinski definition) is 1. The van der Waals surface area contributed by atoms with E-state index in [9.17, 15) is 0 Å². The summed E-state index contributed by atoms with van der Waals surface area (Å²) in [4.78, 5) is 0. The molecule has 0 amide bonds. The van der Waals surface area contributed by atoms with Crippen LogP contribution in [0.15, 0.2) is 0 Å². The maximum absolute atomic E-state index is 3.45. The lowest BCUT2D eigenvalue weighted by atomic mass is 9.76. The van der Waals surface area contributed by atoms with Crippen LogP contribution in [0.3, 0.4) is 0 Å². The Morgan fingerprint density at radius 3 is 2.44 bits per heavy atom. The Bertz CT molecular complexity index is 228. The normalized spacial score (nSPS) is 26.9. The molecule has 16 heavy (non-hydrogen) atoms. The van der Waals surface area contributed by atoms with Gasteiger partial charge in [0.15, 0.2) is 0 Å². The minimum Gasteiger partial charge on any atom is -0.316 e. The summed E-state index contributed by atoms with van der Waals surface area (Å²) in [5.41, 5.74) is 0. The molecule has 1 saturated carbocycles. The molecule has 0 spiro atoms. The van der Waals surface area contributed by atoms with Gasteiger partial charge in [-0.05, 0) is 38.6 Å². The Balaban J connectivity index is 2.34. The zero-order chi connectivity index (χ0) is 11.8. The van der Waals surface area contributed by atoms with Crippen molar-refractivity contribution in [2.45, 2.75) is 64.8 Å². The Kier molecular flexibility index (Phi) is 6.57. The van der Waals surface area contributed by atoms with Crippen LogP contribution in [0.1, 0.15) is 58.8 Å². The fourth-order valence-electron chi connectivity index (χ4n) is 3.00. The van der Waals surface area contributed by atoms with E-state index < -0.39 is 0 Å². The summed E-state index contributed by atoms with van der Waals surface area (Å²) in [5, 5.41) is 3.45. The predicted molar refractivity (Wildman–Crippen MR) is 71.3 cm³/mol. The standard InChI is InChI=1S/C15H27N/c1-4-6-8-15(16-3)14-11-9-13(7-5-2)10-12-14/h13-16H,5,7-12H2,1-3H3.